The molecule has 5 heteroatoms. The summed E-state index contributed by atoms with van der Waals surface area (Å²) >= 11 is 0. The zero-order valence-electron chi connectivity index (χ0n) is 15.1. The van der Waals surface area contributed by atoms with Gasteiger partial charge in [-0.2, -0.15) is 0 Å². The number of rotatable bonds is 4. The van der Waals surface area contributed by atoms with Crippen molar-refractivity contribution in [1.82, 2.24) is 0 Å². The number of nitrogens with one attached hydrogen (secondary N) is 1. The number of allylic oxidation sites excluding steroid dienone is 2. The van der Waals surface area contributed by atoms with Crippen LogP contribution in [-0.2, 0) is 5.41 Å². The maximum atomic E-state index is 11.8. The fourth-order valence-corrected chi connectivity index (χ4v) is 3.76. The molecule has 0 amide bonds. The molecule has 2 aromatic carbocycles. The van der Waals surface area contributed by atoms with E-state index in [4.69, 9.17) is 0 Å². The number of benzene rings is 2. The van der Waals surface area contributed by atoms with E-state index in [1.165, 1.54) is 34.3 Å². The minimum absolute atomic E-state index is 0.000243. The fourth-order valence-electron chi connectivity index (χ4n) is 3.76. The summed E-state index contributed by atoms with van der Waals surface area (Å²) in [5, 5.41) is 22.7. The molecule has 1 N–H and O–H groups in total. The molecule has 0 fully saturated rings. The Morgan fingerprint density at radius 3 is 2.58 bits per heavy atom. The summed E-state index contributed by atoms with van der Waals surface area (Å²) in [6, 6.07) is 12.5. The molecule has 134 valence electrons. The van der Waals surface area contributed by atoms with Gasteiger partial charge in [0.25, 0.3) is 5.69 Å². The Kier molecular flexibility index (Phi) is 4.66. The van der Waals surface area contributed by atoms with Gasteiger partial charge in [0, 0.05) is 17.7 Å². The molecule has 2 unspecified atom stereocenters. The van der Waals surface area contributed by atoms with Crippen LogP contribution in [0.1, 0.15) is 25.0 Å². The van der Waals surface area contributed by atoms with Gasteiger partial charge in [-0.1, -0.05) is 42.5 Å². The number of fused-ring (bicyclic) bond motifs is 1. The van der Waals surface area contributed by atoms with Gasteiger partial charge in [0.1, 0.15) is 11.7 Å². The van der Waals surface area contributed by atoms with E-state index < -0.39 is 4.92 Å². The molecule has 0 aliphatic carbocycles. The Labute approximate surface area is 153 Å². The van der Waals surface area contributed by atoms with Gasteiger partial charge in [-0.15, -0.1) is 5.75 Å². The summed E-state index contributed by atoms with van der Waals surface area (Å²) in [7, 11) is 2.16. The third kappa shape index (κ3) is 3.13. The summed E-state index contributed by atoms with van der Waals surface area (Å²) in [6.07, 6.45) is 7.44. The molecule has 1 aliphatic heterocycles. The van der Waals surface area contributed by atoms with Gasteiger partial charge in [0.2, 0.25) is 0 Å². The van der Waals surface area contributed by atoms with Crippen LogP contribution in [-0.4, -0.2) is 18.0 Å². The molecule has 0 aromatic heterocycles. The Balaban J connectivity index is 1.80. The average molecular weight is 350 g/mol. The topological polar surface area (TPSA) is 70.6 Å². The Hall–Kier alpha value is -2.92. The van der Waals surface area contributed by atoms with Crippen LogP contribution in [0.4, 0.5) is 11.4 Å². The number of hydrogen-bond donors (Lipinski definition) is 1. The minimum Gasteiger partial charge on any atom is -0.872 e. The SMILES string of the molecule is C[NH+]1c2ccccc2C(C)(C)C1/C=C/C=C\c1cc([N+](=O)[O-])ccc1[O-]. The summed E-state index contributed by atoms with van der Waals surface area (Å²) in [6.45, 7) is 4.47. The molecular formula is C21H22N2O3. The first kappa shape index (κ1) is 17.9. The maximum Gasteiger partial charge on any atom is 0.269 e. The fraction of sp³-hybridized carbons (Fsp3) is 0.238. The second-order valence-corrected chi connectivity index (χ2v) is 7.15. The van der Waals surface area contributed by atoms with E-state index >= 15 is 0 Å². The standard InChI is InChI=1S/C21H22N2O3/c1-21(2)17-9-5-6-10-18(17)22(3)20(21)11-7-4-8-15-14-16(23(25)26)12-13-19(15)24/h4-14,20,24H,1-3H3/b8-4-,11-7+. The maximum absolute atomic E-state index is 11.8. The van der Waals surface area contributed by atoms with Crippen LogP contribution in [0, 0.1) is 10.1 Å². The summed E-state index contributed by atoms with van der Waals surface area (Å²) in [5.41, 5.74) is 2.89. The van der Waals surface area contributed by atoms with Crippen molar-refractivity contribution < 1.29 is 14.9 Å². The number of likely N-dealkylation sites (N-methyl/N-ethyl adjacent to an activating group) is 1. The van der Waals surface area contributed by atoms with E-state index in [0.717, 1.165) is 0 Å². The molecule has 0 radical (unpaired) electrons. The van der Waals surface area contributed by atoms with Gasteiger partial charge in [-0.3, -0.25) is 15.0 Å². The molecule has 1 heterocycles. The van der Waals surface area contributed by atoms with E-state index in [0.29, 0.717) is 5.56 Å². The second kappa shape index (κ2) is 6.77. The number of hydrogen-bond acceptors (Lipinski definition) is 3. The van der Waals surface area contributed by atoms with Gasteiger partial charge in [-0.25, -0.2) is 0 Å². The van der Waals surface area contributed by atoms with E-state index in [1.807, 2.05) is 6.08 Å². The first-order valence-corrected chi connectivity index (χ1v) is 8.56. The van der Waals surface area contributed by atoms with E-state index in [1.54, 1.807) is 12.2 Å². The predicted molar refractivity (Wildman–Crippen MR) is 101 cm³/mol. The van der Waals surface area contributed by atoms with Crippen LogP contribution in [0.5, 0.6) is 5.75 Å². The highest BCUT2D eigenvalue weighted by Gasteiger charge is 2.45. The number of nitrogens with zero attached hydrogens (tertiary/aromatic N) is 1. The Morgan fingerprint density at radius 1 is 1.15 bits per heavy atom. The average Bonchev–Trinajstić information content (AvgIpc) is 2.80. The first-order valence-electron chi connectivity index (χ1n) is 8.56. The quantitative estimate of drug-likeness (QED) is 0.524. The van der Waals surface area contributed by atoms with Crippen molar-refractivity contribution in [2.45, 2.75) is 25.3 Å². The molecule has 26 heavy (non-hydrogen) atoms. The Morgan fingerprint density at radius 2 is 1.88 bits per heavy atom. The molecule has 5 nitrogen and oxygen atoms in total. The minimum atomic E-state index is -0.497. The Bertz CT molecular complexity index is 900. The first-order chi connectivity index (χ1) is 12.3. The highest BCUT2D eigenvalue weighted by atomic mass is 16.6. The lowest BCUT2D eigenvalue weighted by atomic mass is 9.80. The van der Waals surface area contributed by atoms with Crippen LogP contribution >= 0.6 is 0 Å². The smallest absolute Gasteiger partial charge is 0.269 e. The zero-order valence-corrected chi connectivity index (χ0v) is 15.1. The third-order valence-electron chi connectivity index (χ3n) is 5.18. The molecular weight excluding hydrogens is 328 g/mol. The summed E-state index contributed by atoms with van der Waals surface area (Å²) in [4.78, 5) is 11.7. The summed E-state index contributed by atoms with van der Waals surface area (Å²) in [5.74, 6) is -0.225. The molecule has 2 aromatic rings. The highest BCUT2D eigenvalue weighted by molar-refractivity contribution is 5.61. The molecule has 2 atom stereocenters. The number of quaternary nitrogens is 1. The predicted octanol–water partition coefficient (Wildman–Crippen LogP) is 2.74. The van der Waals surface area contributed by atoms with Gasteiger partial charge in [-0.05, 0) is 31.6 Å². The lowest BCUT2D eigenvalue weighted by Gasteiger charge is -2.25. The van der Waals surface area contributed by atoms with Crippen LogP contribution in [0.3, 0.4) is 0 Å². The monoisotopic (exact) mass is 350 g/mol. The number of non-ortho nitro benzene ring substituents is 1. The van der Waals surface area contributed by atoms with E-state index in [2.05, 4.69) is 51.2 Å². The molecule has 0 bridgehead atoms. The van der Waals surface area contributed by atoms with Crippen molar-refractivity contribution in [3.8, 4) is 5.75 Å². The second-order valence-electron chi connectivity index (χ2n) is 7.15. The number of para-hydroxylation sites is 1. The van der Waals surface area contributed by atoms with Gasteiger partial charge in [0.15, 0.2) is 0 Å². The molecule has 0 saturated heterocycles. The van der Waals surface area contributed by atoms with Crippen molar-refractivity contribution in [1.29, 1.82) is 0 Å². The summed E-state index contributed by atoms with van der Waals surface area (Å²) < 4.78 is 0. The lowest BCUT2D eigenvalue weighted by molar-refractivity contribution is -0.828. The van der Waals surface area contributed by atoms with Gasteiger partial charge >= 0.3 is 0 Å². The molecule has 1 aliphatic rings. The molecule has 0 saturated carbocycles. The van der Waals surface area contributed by atoms with Crippen LogP contribution in [0.25, 0.3) is 6.08 Å². The number of nitro benzene ring substituents is 1. The van der Waals surface area contributed by atoms with Crippen LogP contribution in [0.2, 0.25) is 0 Å². The van der Waals surface area contributed by atoms with Gasteiger partial charge < -0.3 is 5.11 Å². The van der Waals surface area contributed by atoms with E-state index in [9.17, 15) is 15.2 Å². The zero-order chi connectivity index (χ0) is 18.9. The lowest BCUT2D eigenvalue weighted by Crippen LogP contribution is -3.07. The molecule has 3 rings (SSSR count). The van der Waals surface area contributed by atoms with Crippen LogP contribution < -0.4 is 10.0 Å². The van der Waals surface area contributed by atoms with Crippen molar-refractivity contribution in [3.63, 3.8) is 0 Å². The van der Waals surface area contributed by atoms with Crippen molar-refractivity contribution in [3.05, 3.63) is 81.9 Å². The van der Waals surface area contributed by atoms with E-state index in [-0.39, 0.29) is 22.9 Å². The van der Waals surface area contributed by atoms with Crippen molar-refractivity contribution >= 4 is 17.5 Å². The largest absolute Gasteiger partial charge is 0.872 e. The number of nitro groups is 1. The molecule has 0 spiro atoms. The van der Waals surface area contributed by atoms with Crippen molar-refractivity contribution in [2.24, 2.45) is 0 Å². The third-order valence-corrected chi connectivity index (χ3v) is 5.18. The van der Waals surface area contributed by atoms with Crippen LogP contribution in [0.15, 0.2) is 60.7 Å². The highest BCUT2D eigenvalue weighted by Crippen LogP contribution is 2.36. The normalized spacial score (nSPS) is 21.3. The van der Waals surface area contributed by atoms with Gasteiger partial charge in [0.05, 0.1) is 17.4 Å². The van der Waals surface area contributed by atoms with Crippen molar-refractivity contribution in [2.75, 3.05) is 7.05 Å².